The third-order valence-electron chi connectivity index (χ3n) is 4.04. The summed E-state index contributed by atoms with van der Waals surface area (Å²) in [6.07, 6.45) is 0. The minimum absolute atomic E-state index is 0.0327. The molecule has 1 aliphatic rings. The van der Waals surface area contributed by atoms with Crippen molar-refractivity contribution in [2.75, 3.05) is 26.3 Å². The van der Waals surface area contributed by atoms with Gasteiger partial charge in [-0.3, -0.25) is 0 Å². The molecule has 0 saturated carbocycles. The summed E-state index contributed by atoms with van der Waals surface area (Å²) in [5.74, 6) is -0.601. The van der Waals surface area contributed by atoms with Crippen LogP contribution < -0.4 is 0 Å². The Morgan fingerprint density at radius 2 is 1.81 bits per heavy atom. The Hall–Kier alpha value is -1.45. The van der Waals surface area contributed by atoms with Crippen LogP contribution in [-0.4, -0.2) is 45.0 Å². The summed E-state index contributed by atoms with van der Waals surface area (Å²) in [6, 6.07) is 11.3. The van der Waals surface area contributed by atoms with E-state index in [9.17, 15) is 13.2 Å². The second kappa shape index (κ2) is 8.70. The highest BCUT2D eigenvalue weighted by atomic mass is 79.9. The van der Waals surface area contributed by atoms with Gasteiger partial charge in [0.15, 0.2) is 0 Å². The summed E-state index contributed by atoms with van der Waals surface area (Å²) in [4.78, 5) is 12.4. The lowest BCUT2D eigenvalue weighted by atomic mass is 10.2. The number of hydrogen-bond acceptors (Lipinski definition) is 5. The average Bonchev–Trinajstić information content (AvgIpc) is 2.68. The Labute approximate surface area is 171 Å². The standard InChI is InChI=1S/C18H17BrClNO5S/c19-16-6-3-14(18(22)26-12-13-1-4-15(20)5-2-13)11-17(16)27(23,24)21-7-9-25-10-8-21/h1-6,11H,7-10,12H2. The van der Waals surface area contributed by atoms with Gasteiger partial charge in [0.1, 0.15) is 6.61 Å². The molecular formula is C18H17BrClNO5S. The van der Waals surface area contributed by atoms with Crippen molar-refractivity contribution in [3.05, 3.63) is 63.1 Å². The largest absolute Gasteiger partial charge is 0.457 e. The molecular weight excluding hydrogens is 458 g/mol. The first-order valence-electron chi connectivity index (χ1n) is 8.17. The molecule has 0 radical (unpaired) electrons. The van der Waals surface area contributed by atoms with Crippen molar-refractivity contribution in [3.63, 3.8) is 0 Å². The monoisotopic (exact) mass is 473 g/mol. The third kappa shape index (κ3) is 4.89. The quantitative estimate of drug-likeness (QED) is 0.620. The predicted octanol–water partition coefficient (Wildman–Crippen LogP) is 3.48. The topological polar surface area (TPSA) is 72.9 Å². The number of halogens is 2. The third-order valence-corrected chi connectivity index (χ3v) is 7.18. The molecule has 1 saturated heterocycles. The van der Waals surface area contributed by atoms with E-state index in [1.165, 1.54) is 22.5 Å². The Morgan fingerprint density at radius 3 is 2.48 bits per heavy atom. The number of esters is 1. The molecule has 0 aromatic heterocycles. The van der Waals surface area contributed by atoms with Gasteiger partial charge >= 0.3 is 5.97 Å². The van der Waals surface area contributed by atoms with Crippen LogP contribution in [0.25, 0.3) is 0 Å². The van der Waals surface area contributed by atoms with Crippen molar-refractivity contribution in [1.29, 1.82) is 0 Å². The molecule has 1 aliphatic heterocycles. The van der Waals surface area contributed by atoms with E-state index in [-0.39, 0.29) is 30.2 Å². The Kier molecular flexibility index (Phi) is 6.54. The summed E-state index contributed by atoms with van der Waals surface area (Å²) in [5.41, 5.74) is 0.949. The van der Waals surface area contributed by atoms with Crippen molar-refractivity contribution in [3.8, 4) is 0 Å². The summed E-state index contributed by atoms with van der Waals surface area (Å²) in [6.45, 7) is 1.32. The molecule has 0 spiro atoms. The molecule has 144 valence electrons. The second-order valence-electron chi connectivity index (χ2n) is 5.86. The summed E-state index contributed by atoms with van der Waals surface area (Å²) >= 11 is 9.09. The number of ether oxygens (including phenoxy) is 2. The van der Waals surface area contributed by atoms with Gasteiger partial charge in [-0.2, -0.15) is 4.31 Å². The van der Waals surface area contributed by atoms with Crippen LogP contribution in [0.15, 0.2) is 51.8 Å². The number of morpholine rings is 1. The highest BCUT2D eigenvalue weighted by Crippen LogP contribution is 2.27. The fourth-order valence-electron chi connectivity index (χ4n) is 2.57. The van der Waals surface area contributed by atoms with Crippen LogP contribution >= 0.6 is 27.5 Å². The first-order chi connectivity index (χ1) is 12.9. The summed E-state index contributed by atoms with van der Waals surface area (Å²) in [7, 11) is -3.74. The molecule has 2 aromatic carbocycles. The van der Waals surface area contributed by atoms with Crippen LogP contribution in [0, 0.1) is 0 Å². The minimum atomic E-state index is -3.74. The molecule has 0 unspecified atom stereocenters. The summed E-state index contributed by atoms with van der Waals surface area (Å²) < 4.78 is 38.0. The lowest BCUT2D eigenvalue weighted by molar-refractivity contribution is 0.0472. The van der Waals surface area contributed by atoms with Gasteiger partial charge in [0.2, 0.25) is 10.0 Å². The van der Waals surface area contributed by atoms with Gasteiger partial charge in [0, 0.05) is 22.6 Å². The van der Waals surface area contributed by atoms with Crippen molar-refractivity contribution in [1.82, 2.24) is 4.31 Å². The van der Waals surface area contributed by atoms with Crippen LogP contribution in [0.3, 0.4) is 0 Å². The number of hydrogen-bond donors (Lipinski definition) is 0. The number of rotatable bonds is 5. The number of benzene rings is 2. The molecule has 2 aromatic rings. The minimum Gasteiger partial charge on any atom is -0.457 e. The SMILES string of the molecule is O=C(OCc1ccc(Cl)cc1)c1ccc(Br)c(S(=O)(=O)N2CCOCC2)c1. The maximum Gasteiger partial charge on any atom is 0.338 e. The fourth-order valence-corrected chi connectivity index (χ4v) is 5.05. The van der Waals surface area contributed by atoms with Crippen molar-refractivity contribution < 1.29 is 22.7 Å². The molecule has 1 fully saturated rings. The molecule has 9 heteroatoms. The molecule has 1 heterocycles. The molecule has 27 heavy (non-hydrogen) atoms. The fraction of sp³-hybridized carbons (Fsp3) is 0.278. The lowest BCUT2D eigenvalue weighted by Crippen LogP contribution is -2.40. The predicted molar refractivity (Wildman–Crippen MR) is 104 cm³/mol. The first kappa shape index (κ1) is 20.3. The van der Waals surface area contributed by atoms with E-state index in [1.807, 2.05) is 0 Å². The Bertz CT molecular complexity index is 927. The highest BCUT2D eigenvalue weighted by Gasteiger charge is 2.29. The van der Waals surface area contributed by atoms with E-state index < -0.39 is 16.0 Å². The van der Waals surface area contributed by atoms with Gasteiger partial charge in [-0.1, -0.05) is 23.7 Å². The molecule has 0 aliphatic carbocycles. The van der Waals surface area contributed by atoms with Gasteiger partial charge in [-0.05, 0) is 51.8 Å². The van der Waals surface area contributed by atoms with Gasteiger partial charge in [0.25, 0.3) is 0 Å². The number of nitrogens with zero attached hydrogens (tertiary/aromatic N) is 1. The van der Waals surface area contributed by atoms with Gasteiger partial charge < -0.3 is 9.47 Å². The maximum absolute atomic E-state index is 12.9. The van der Waals surface area contributed by atoms with E-state index in [0.29, 0.717) is 22.7 Å². The van der Waals surface area contributed by atoms with E-state index in [1.54, 1.807) is 24.3 Å². The normalized spacial score (nSPS) is 15.5. The molecule has 0 bridgehead atoms. The zero-order valence-electron chi connectivity index (χ0n) is 14.2. The van der Waals surface area contributed by atoms with E-state index in [2.05, 4.69) is 15.9 Å². The van der Waals surface area contributed by atoms with E-state index >= 15 is 0 Å². The number of carbonyl (C=O) groups excluding carboxylic acids is 1. The lowest BCUT2D eigenvalue weighted by Gasteiger charge is -2.26. The Morgan fingerprint density at radius 1 is 1.15 bits per heavy atom. The molecule has 6 nitrogen and oxygen atoms in total. The maximum atomic E-state index is 12.9. The van der Waals surface area contributed by atoms with Gasteiger partial charge in [-0.25, -0.2) is 13.2 Å². The van der Waals surface area contributed by atoms with Crippen LogP contribution in [0.4, 0.5) is 0 Å². The van der Waals surface area contributed by atoms with Crippen molar-refractivity contribution in [2.24, 2.45) is 0 Å². The van der Waals surface area contributed by atoms with Crippen LogP contribution in [-0.2, 0) is 26.1 Å². The highest BCUT2D eigenvalue weighted by molar-refractivity contribution is 9.10. The number of sulfonamides is 1. The average molecular weight is 475 g/mol. The zero-order valence-corrected chi connectivity index (χ0v) is 17.4. The van der Waals surface area contributed by atoms with Gasteiger partial charge in [-0.15, -0.1) is 0 Å². The molecule has 3 rings (SSSR count). The van der Waals surface area contributed by atoms with Gasteiger partial charge in [0.05, 0.1) is 23.7 Å². The number of carbonyl (C=O) groups is 1. The smallest absolute Gasteiger partial charge is 0.338 e. The molecule has 0 N–H and O–H groups in total. The van der Waals surface area contributed by atoms with E-state index in [0.717, 1.165) is 5.56 Å². The summed E-state index contributed by atoms with van der Waals surface area (Å²) in [5, 5.41) is 0.593. The van der Waals surface area contributed by atoms with Crippen LogP contribution in [0.2, 0.25) is 5.02 Å². The second-order valence-corrected chi connectivity index (χ2v) is 9.06. The first-order valence-corrected chi connectivity index (χ1v) is 10.8. The zero-order chi connectivity index (χ0) is 19.4. The van der Waals surface area contributed by atoms with E-state index in [4.69, 9.17) is 21.1 Å². The molecule has 0 amide bonds. The van der Waals surface area contributed by atoms with Crippen LogP contribution in [0.5, 0.6) is 0 Å². The van der Waals surface area contributed by atoms with Crippen molar-refractivity contribution >= 4 is 43.5 Å². The van der Waals surface area contributed by atoms with Crippen LogP contribution in [0.1, 0.15) is 15.9 Å². The Balaban J connectivity index is 1.77. The molecule has 0 atom stereocenters. The van der Waals surface area contributed by atoms with Crippen molar-refractivity contribution in [2.45, 2.75) is 11.5 Å².